The summed E-state index contributed by atoms with van der Waals surface area (Å²) in [4.78, 5) is 0. The van der Waals surface area contributed by atoms with Crippen LogP contribution >= 0.6 is 0 Å². The molecule has 26 heavy (non-hydrogen) atoms. The predicted octanol–water partition coefficient (Wildman–Crippen LogP) is 6.12. The van der Waals surface area contributed by atoms with Crippen molar-refractivity contribution < 1.29 is 4.48 Å². The molecule has 1 aromatic rings. The summed E-state index contributed by atoms with van der Waals surface area (Å²) in [5, 5.41) is 0. The lowest BCUT2D eigenvalue weighted by molar-refractivity contribution is -0.903. The molecule has 0 fully saturated rings. The Balaban J connectivity index is 1.87. The van der Waals surface area contributed by atoms with Crippen molar-refractivity contribution in [2.45, 2.75) is 96.1 Å². The number of rotatable bonds is 17. The van der Waals surface area contributed by atoms with E-state index in [0.29, 0.717) is 0 Å². The zero-order valence-electron chi connectivity index (χ0n) is 18.1. The summed E-state index contributed by atoms with van der Waals surface area (Å²) >= 11 is 0. The van der Waals surface area contributed by atoms with Crippen LogP contribution in [0.3, 0.4) is 0 Å². The number of benzene rings is 1. The Bertz CT molecular complexity index is 415. The van der Waals surface area contributed by atoms with E-state index in [2.05, 4.69) is 44.4 Å². The van der Waals surface area contributed by atoms with E-state index >= 15 is 0 Å². The van der Waals surface area contributed by atoms with E-state index in [1.165, 1.54) is 112 Å². The number of hydrogen-bond donors (Lipinski definition) is 0. The first-order chi connectivity index (χ1) is 12.6. The molecule has 2 heteroatoms. The normalized spacial score (nSPS) is 11.9. The van der Waals surface area contributed by atoms with Crippen LogP contribution in [0.15, 0.2) is 30.3 Å². The summed E-state index contributed by atoms with van der Waals surface area (Å²) in [6.07, 6.45) is 19.0. The minimum atomic E-state index is 1.12. The molecule has 0 heterocycles. The van der Waals surface area contributed by atoms with Crippen LogP contribution in [-0.4, -0.2) is 35.4 Å². The van der Waals surface area contributed by atoms with Crippen LogP contribution in [0.5, 0.6) is 0 Å². The SMILES string of the molecule is C[N+](C)(CCCCCCCCCCCCCCC[SiH3])Cc1ccccc1. The number of unbranched alkanes of at least 4 members (excludes halogenated alkanes) is 12. The van der Waals surface area contributed by atoms with Crippen molar-refractivity contribution >= 4 is 10.2 Å². The van der Waals surface area contributed by atoms with E-state index in [0.717, 1.165) is 11.0 Å². The van der Waals surface area contributed by atoms with E-state index in [-0.39, 0.29) is 0 Å². The molecule has 0 N–H and O–H groups in total. The quantitative estimate of drug-likeness (QED) is 0.175. The van der Waals surface area contributed by atoms with Gasteiger partial charge in [-0.2, -0.15) is 0 Å². The molecule has 0 amide bonds. The first-order valence-electron chi connectivity index (χ1n) is 11.5. The van der Waals surface area contributed by atoms with Gasteiger partial charge in [0.25, 0.3) is 0 Å². The van der Waals surface area contributed by atoms with E-state index in [1.807, 2.05) is 0 Å². The molecule has 1 aromatic carbocycles. The lowest BCUT2D eigenvalue weighted by Gasteiger charge is -2.30. The molecule has 0 aliphatic heterocycles. The number of nitrogens with zero attached hydrogens (tertiary/aromatic N) is 1. The molecule has 0 atom stereocenters. The molecule has 0 unspecified atom stereocenters. The van der Waals surface area contributed by atoms with Gasteiger partial charge in [-0.25, -0.2) is 0 Å². The van der Waals surface area contributed by atoms with Gasteiger partial charge in [-0.15, -0.1) is 0 Å². The molecule has 0 aliphatic carbocycles. The van der Waals surface area contributed by atoms with Gasteiger partial charge in [0.2, 0.25) is 0 Å². The fraction of sp³-hybridized carbons (Fsp3) is 0.750. The monoisotopic (exact) mass is 376 g/mol. The highest BCUT2D eigenvalue weighted by Crippen LogP contribution is 2.14. The second-order valence-electron chi connectivity index (χ2n) is 8.90. The molecule has 1 nitrogen and oxygen atoms in total. The summed E-state index contributed by atoms with van der Waals surface area (Å²) < 4.78 is 1.12. The van der Waals surface area contributed by atoms with Crippen molar-refractivity contribution in [3.05, 3.63) is 35.9 Å². The topological polar surface area (TPSA) is 0 Å². The van der Waals surface area contributed by atoms with E-state index < -0.39 is 0 Å². The first kappa shape index (κ1) is 23.4. The largest absolute Gasteiger partial charge is 0.325 e. The van der Waals surface area contributed by atoms with Crippen LogP contribution in [0.4, 0.5) is 0 Å². The van der Waals surface area contributed by atoms with Crippen molar-refractivity contribution in [3.8, 4) is 0 Å². The van der Waals surface area contributed by atoms with E-state index in [1.54, 1.807) is 0 Å². The average molecular weight is 377 g/mol. The third-order valence-corrected chi connectivity index (χ3v) is 6.28. The molecule has 0 saturated heterocycles. The lowest BCUT2D eigenvalue weighted by atomic mass is 10.0. The lowest BCUT2D eigenvalue weighted by Crippen LogP contribution is -2.39. The minimum Gasteiger partial charge on any atom is -0.325 e. The molecule has 150 valence electrons. The predicted molar refractivity (Wildman–Crippen MR) is 122 cm³/mol. The van der Waals surface area contributed by atoms with Gasteiger partial charge in [0.1, 0.15) is 6.54 Å². The highest BCUT2D eigenvalue weighted by Gasteiger charge is 2.14. The maximum Gasteiger partial charge on any atom is 0.104 e. The van der Waals surface area contributed by atoms with E-state index in [4.69, 9.17) is 0 Å². The molecule has 1 rings (SSSR count). The van der Waals surface area contributed by atoms with Gasteiger partial charge >= 0.3 is 0 Å². The first-order valence-corrected chi connectivity index (χ1v) is 12.9. The summed E-state index contributed by atoms with van der Waals surface area (Å²) in [5.74, 6) is 0. The molecular weight excluding hydrogens is 330 g/mol. The van der Waals surface area contributed by atoms with Crippen molar-refractivity contribution in [2.24, 2.45) is 0 Å². The third kappa shape index (κ3) is 13.6. The maximum atomic E-state index is 2.37. The Morgan fingerprint density at radius 1 is 0.615 bits per heavy atom. The zero-order valence-corrected chi connectivity index (χ0v) is 20.1. The summed E-state index contributed by atoms with van der Waals surface area (Å²) in [5.41, 5.74) is 1.46. The van der Waals surface area contributed by atoms with Gasteiger partial charge < -0.3 is 4.48 Å². The van der Waals surface area contributed by atoms with Crippen LogP contribution in [0, 0.1) is 0 Å². The fourth-order valence-electron chi connectivity index (χ4n) is 3.89. The Kier molecular flexibility index (Phi) is 13.9. The molecule has 0 spiro atoms. The van der Waals surface area contributed by atoms with Crippen LogP contribution in [0.2, 0.25) is 6.04 Å². The molecule has 0 aromatic heterocycles. The number of quaternary nitrogens is 1. The molecule has 0 aliphatic rings. The Hall–Kier alpha value is -0.603. The Labute approximate surface area is 167 Å². The van der Waals surface area contributed by atoms with Gasteiger partial charge in [-0.05, 0) is 12.8 Å². The van der Waals surface area contributed by atoms with Crippen LogP contribution < -0.4 is 0 Å². The Morgan fingerprint density at radius 3 is 1.50 bits per heavy atom. The average Bonchev–Trinajstić information content (AvgIpc) is 2.62. The van der Waals surface area contributed by atoms with Crippen LogP contribution in [0.25, 0.3) is 0 Å². The molecule has 0 radical (unpaired) electrons. The van der Waals surface area contributed by atoms with Gasteiger partial charge in [-0.1, -0.05) is 107 Å². The van der Waals surface area contributed by atoms with Crippen LogP contribution in [-0.2, 0) is 6.54 Å². The van der Waals surface area contributed by atoms with Crippen molar-refractivity contribution in [3.63, 3.8) is 0 Å². The van der Waals surface area contributed by atoms with Gasteiger partial charge in [0.15, 0.2) is 0 Å². The van der Waals surface area contributed by atoms with Gasteiger partial charge in [-0.3, -0.25) is 0 Å². The summed E-state index contributed by atoms with van der Waals surface area (Å²) in [7, 11) is 6.15. The second kappa shape index (κ2) is 15.5. The maximum absolute atomic E-state index is 2.37. The van der Waals surface area contributed by atoms with Crippen LogP contribution in [0.1, 0.15) is 89.0 Å². The smallest absolute Gasteiger partial charge is 0.104 e. The molecule has 0 saturated carbocycles. The highest BCUT2D eigenvalue weighted by atomic mass is 28.1. The summed E-state index contributed by atoms with van der Waals surface area (Å²) in [6, 6.07) is 12.4. The summed E-state index contributed by atoms with van der Waals surface area (Å²) in [6.45, 7) is 2.45. The molecule has 0 bridgehead atoms. The van der Waals surface area contributed by atoms with Crippen molar-refractivity contribution in [2.75, 3.05) is 20.6 Å². The number of hydrogen-bond acceptors (Lipinski definition) is 0. The Morgan fingerprint density at radius 2 is 1.04 bits per heavy atom. The minimum absolute atomic E-state index is 1.12. The second-order valence-corrected chi connectivity index (χ2v) is 9.90. The molecular formula is C24H46NSi+. The zero-order chi connectivity index (χ0) is 18.9. The van der Waals surface area contributed by atoms with E-state index in [9.17, 15) is 0 Å². The van der Waals surface area contributed by atoms with Gasteiger partial charge in [0, 0.05) is 15.8 Å². The third-order valence-electron chi connectivity index (χ3n) is 5.57. The van der Waals surface area contributed by atoms with Crippen molar-refractivity contribution in [1.29, 1.82) is 0 Å². The van der Waals surface area contributed by atoms with Crippen molar-refractivity contribution in [1.82, 2.24) is 0 Å². The fourth-order valence-corrected chi connectivity index (χ4v) is 4.39. The highest BCUT2D eigenvalue weighted by molar-refractivity contribution is 6.08. The standard InChI is InChI=1S/C24H46NSi/c1-25(2,23-24-19-15-14-16-20-24)21-17-12-10-8-6-4-3-5-7-9-11-13-18-22-26/h14-16,19-20H,3-13,17-18,21-23H2,1-2,26H3/q+1. The van der Waals surface area contributed by atoms with Gasteiger partial charge in [0.05, 0.1) is 20.6 Å².